The minimum atomic E-state index is -0.632. The zero-order chi connectivity index (χ0) is 13.8. The van der Waals surface area contributed by atoms with E-state index >= 15 is 0 Å². The summed E-state index contributed by atoms with van der Waals surface area (Å²) in [6, 6.07) is 10.1. The van der Waals surface area contributed by atoms with Gasteiger partial charge in [0.15, 0.2) is 0 Å². The predicted molar refractivity (Wildman–Crippen MR) is 71.7 cm³/mol. The van der Waals surface area contributed by atoms with Crippen LogP contribution < -0.4 is 0 Å². The van der Waals surface area contributed by atoms with Crippen LogP contribution in [-0.4, -0.2) is 4.98 Å². The van der Waals surface area contributed by atoms with Crippen LogP contribution in [0.3, 0.4) is 0 Å². The van der Waals surface area contributed by atoms with Crippen LogP contribution >= 0.6 is 0 Å². The number of pyridine rings is 1. The molecular weight excluding hydrogens is 436 g/mol. The van der Waals surface area contributed by atoms with E-state index < -0.39 is 11.6 Å². The van der Waals surface area contributed by atoms with E-state index in [2.05, 4.69) is 24.9 Å². The van der Waals surface area contributed by atoms with Gasteiger partial charge in [-0.1, -0.05) is 44.0 Å². The summed E-state index contributed by atoms with van der Waals surface area (Å²) in [5.74, 6) is -0.932. The molecule has 0 aliphatic heterocycles. The average molecular weight is 453 g/mol. The molecule has 0 fully saturated rings. The molecule has 0 spiro atoms. The molecule has 0 saturated carbocycles. The van der Waals surface area contributed by atoms with E-state index in [0.717, 1.165) is 30.7 Å². The topological polar surface area (TPSA) is 12.9 Å². The number of hydrogen-bond acceptors (Lipinski definition) is 1. The normalized spacial score (nSPS) is 11.8. The van der Waals surface area contributed by atoms with Crippen molar-refractivity contribution >= 4 is 0 Å². The molecule has 0 amide bonds. The first kappa shape index (κ1) is 16.9. The van der Waals surface area contributed by atoms with Gasteiger partial charge < -0.3 is 4.98 Å². The quantitative estimate of drug-likeness (QED) is 0.612. The summed E-state index contributed by atoms with van der Waals surface area (Å²) in [5, 5.41) is 0. The average Bonchev–Trinajstić information content (AvgIpc) is 2.39. The molecule has 1 nitrogen and oxygen atoms in total. The van der Waals surface area contributed by atoms with Crippen molar-refractivity contribution in [2.45, 2.75) is 32.6 Å². The Hall–Kier alpha value is -1.12. The number of nitrogens with zero attached hydrogens (tertiary/aromatic N) is 1. The minimum Gasteiger partial charge on any atom is -0.301 e. The number of hydrogen-bond donors (Lipinski definition) is 0. The molecule has 0 aliphatic rings. The second-order valence-corrected chi connectivity index (χ2v) is 4.68. The third kappa shape index (κ3) is 3.94. The molecule has 109 valence electrons. The summed E-state index contributed by atoms with van der Waals surface area (Å²) in [4.78, 5) is 4.46. The molecule has 20 heavy (non-hydrogen) atoms. The fourth-order valence-corrected chi connectivity index (χ4v) is 2.09. The number of rotatable bonds is 4. The molecule has 0 N–H and O–H groups in total. The van der Waals surface area contributed by atoms with Gasteiger partial charge >= 0.3 is 0 Å². The summed E-state index contributed by atoms with van der Waals surface area (Å²) in [6.45, 7) is 4.22. The second kappa shape index (κ2) is 7.61. The smallest absolute Gasteiger partial charge is 0.0408 e. The van der Waals surface area contributed by atoms with Crippen LogP contribution in [0.25, 0.3) is 11.3 Å². The fraction of sp³-hybridized carbons (Fsp3) is 0.312. The molecule has 1 unspecified atom stereocenters. The molecule has 4 heteroatoms. The van der Waals surface area contributed by atoms with Gasteiger partial charge in [0.05, 0.1) is 0 Å². The Balaban J connectivity index is 0.00000200. The molecule has 0 aliphatic carbocycles. The molecule has 2 rings (SSSR count). The van der Waals surface area contributed by atoms with Crippen LogP contribution in [0.1, 0.15) is 38.3 Å². The summed E-state index contributed by atoms with van der Waals surface area (Å²) in [5.41, 5.74) is 1.64. The third-order valence-electron chi connectivity index (χ3n) is 3.11. The predicted octanol–water partition coefficient (Wildman–Crippen LogP) is 4.73. The zero-order valence-electron chi connectivity index (χ0n) is 11.4. The Morgan fingerprint density at radius 2 is 2.05 bits per heavy atom. The van der Waals surface area contributed by atoms with E-state index in [0.29, 0.717) is 11.6 Å². The van der Waals surface area contributed by atoms with Crippen LogP contribution in [-0.2, 0) is 20.1 Å². The number of halogens is 2. The van der Waals surface area contributed by atoms with Gasteiger partial charge in [-0.2, -0.15) is 0 Å². The summed E-state index contributed by atoms with van der Waals surface area (Å²) < 4.78 is 26.6. The first-order valence-electron chi connectivity index (χ1n) is 6.46. The SMILES string of the molecule is CCCC(C)c1cccc(-c2[c-]cc(F)cc2F)n1.[Ir]. The number of benzene rings is 1. The Morgan fingerprint density at radius 3 is 2.70 bits per heavy atom. The van der Waals surface area contributed by atoms with Crippen molar-refractivity contribution in [3.63, 3.8) is 0 Å². The molecule has 1 radical (unpaired) electrons. The van der Waals surface area contributed by atoms with Crippen LogP contribution in [0, 0.1) is 17.7 Å². The third-order valence-corrected chi connectivity index (χ3v) is 3.11. The Kier molecular flexibility index (Phi) is 6.44. The van der Waals surface area contributed by atoms with E-state index in [4.69, 9.17) is 0 Å². The van der Waals surface area contributed by atoms with E-state index in [-0.39, 0.29) is 25.7 Å². The van der Waals surface area contributed by atoms with Gasteiger partial charge in [0.25, 0.3) is 0 Å². The van der Waals surface area contributed by atoms with Crippen molar-refractivity contribution < 1.29 is 28.9 Å². The van der Waals surface area contributed by atoms with Gasteiger partial charge in [0.2, 0.25) is 0 Å². The number of aromatic nitrogens is 1. The maximum Gasteiger partial charge on any atom is 0.0408 e. The van der Waals surface area contributed by atoms with Gasteiger partial charge in [-0.05, 0) is 24.1 Å². The van der Waals surface area contributed by atoms with Gasteiger partial charge in [0.1, 0.15) is 0 Å². The molecule has 1 heterocycles. The van der Waals surface area contributed by atoms with Crippen molar-refractivity contribution in [2.75, 3.05) is 0 Å². The Morgan fingerprint density at radius 1 is 1.30 bits per heavy atom. The molecule has 1 aromatic heterocycles. The van der Waals surface area contributed by atoms with Crippen LogP contribution in [0.15, 0.2) is 30.3 Å². The van der Waals surface area contributed by atoms with E-state index in [1.165, 1.54) is 0 Å². The second-order valence-electron chi connectivity index (χ2n) is 4.68. The molecule has 2 aromatic rings. The van der Waals surface area contributed by atoms with Crippen molar-refractivity contribution in [3.8, 4) is 11.3 Å². The van der Waals surface area contributed by atoms with Gasteiger partial charge in [-0.25, -0.2) is 0 Å². The maximum absolute atomic E-state index is 13.7. The first-order chi connectivity index (χ1) is 9.11. The Bertz CT molecular complexity index is 572. The molecule has 0 saturated heterocycles. The first-order valence-corrected chi connectivity index (χ1v) is 6.46. The van der Waals surface area contributed by atoms with E-state index in [9.17, 15) is 8.78 Å². The van der Waals surface area contributed by atoms with Crippen LogP contribution in [0.2, 0.25) is 0 Å². The summed E-state index contributed by atoms with van der Waals surface area (Å²) in [6.07, 6.45) is 2.11. The molecule has 0 bridgehead atoms. The minimum absolute atomic E-state index is 0. The Labute approximate surface area is 131 Å². The van der Waals surface area contributed by atoms with Gasteiger partial charge in [-0.3, -0.25) is 8.78 Å². The van der Waals surface area contributed by atoms with E-state index in [1.807, 2.05) is 12.1 Å². The van der Waals surface area contributed by atoms with Crippen molar-refractivity contribution in [2.24, 2.45) is 0 Å². The van der Waals surface area contributed by atoms with Crippen LogP contribution in [0.5, 0.6) is 0 Å². The van der Waals surface area contributed by atoms with Crippen molar-refractivity contribution in [1.82, 2.24) is 4.98 Å². The molecule has 1 atom stereocenters. The summed E-state index contributed by atoms with van der Waals surface area (Å²) in [7, 11) is 0. The fourth-order valence-electron chi connectivity index (χ4n) is 2.09. The van der Waals surface area contributed by atoms with Crippen LogP contribution in [0.4, 0.5) is 8.78 Å². The standard InChI is InChI=1S/C16H16F2N.Ir/c1-3-5-11(2)15-6-4-7-16(19-15)13-9-8-12(17)10-14(13)18;/h4,6-8,10-11H,3,5H2,1-2H3;/q-1;. The largest absolute Gasteiger partial charge is 0.301 e. The van der Waals surface area contributed by atoms with Crippen molar-refractivity contribution in [1.29, 1.82) is 0 Å². The van der Waals surface area contributed by atoms with Crippen molar-refractivity contribution in [3.05, 3.63) is 53.7 Å². The van der Waals surface area contributed by atoms with Gasteiger partial charge in [0, 0.05) is 37.4 Å². The summed E-state index contributed by atoms with van der Waals surface area (Å²) >= 11 is 0. The maximum atomic E-state index is 13.7. The zero-order valence-corrected chi connectivity index (χ0v) is 13.8. The molecule has 1 aromatic carbocycles. The van der Waals surface area contributed by atoms with Gasteiger partial charge in [-0.15, -0.1) is 12.1 Å². The van der Waals surface area contributed by atoms with E-state index in [1.54, 1.807) is 6.07 Å². The molecular formula is C16H16F2IrN-. The monoisotopic (exact) mass is 453 g/mol.